The number of hydrogen-bond donors (Lipinski definition) is 1. The molecule has 1 aliphatic rings. The normalized spacial score (nSPS) is 17.1. The van der Waals surface area contributed by atoms with Gasteiger partial charge in [-0.15, -0.1) is 17.5 Å². The van der Waals surface area contributed by atoms with Gasteiger partial charge in [-0.05, 0) is 44.1 Å². The number of aromatic nitrogens is 3. The van der Waals surface area contributed by atoms with Gasteiger partial charge in [0.15, 0.2) is 0 Å². The molecule has 4 nitrogen and oxygen atoms in total. The number of nitrogens with zero attached hydrogens (tertiary/aromatic N) is 3. The van der Waals surface area contributed by atoms with Crippen LogP contribution in [-0.4, -0.2) is 28.1 Å². The molecule has 3 rings (SSSR count). The van der Waals surface area contributed by atoms with Gasteiger partial charge in [0.2, 0.25) is 0 Å². The zero-order chi connectivity index (χ0) is 13.5. The van der Waals surface area contributed by atoms with E-state index in [-0.39, 0.29) is 18.4 Å². The third kappa shape index (κ3) is 2.73. The van der Waals surface area contributed by atoms with Crippen LogP contribution in [0.25, 0.3) is 11.0 Å². The van der Waals surface area contributed by atoms with Crippen molar-refractivity contribution in [2.75, 3.05) is 13.1 Å². The zero-order valence-corrected chi connectivity index (χ0v) is 11.3. The zero-order valence-electron chi connectivity index (χ0n) is 10.5. The van der Waals surface area contributed by atoms with E-state index < -0.39 is 11.7 Å². The van der Waals surface area contributed by atoms with Gasteiger partial charge in [-0.1, -0.05) is 5.21 Å². The van der Waals surface area contributed by atoms with Crippen LogP contribution in [0.4, 0.5) is 13.2 Å². The quantitative estimate of drug-likeness (QED) is 0.881. The molecule has 0 radical (unpaired) electrons. The minimum Gasteiger partial charge on any atom is -0.317 e. The number of halogens is 4. The summed E-state index contributed by atoms with van der Waals surface area (Å²) in [7, 11) is 0. The van der Waals surface area contributed by atoms with Crippen LogP contribution in [0.1, 0.15) is 24.4 Å². The molecule has 0 spiro atoms. The van der Waals surface area contributed by atoms with Gasteiger partial charge < -0.3 is 5.32 Å². The number of fused-ring (bicyclic) bond motifs is 1. The molecule has 1 aromatic carbocycles. The molecule has 0 saturated carbocycles. The van der Waals surface area contributed by atoms with E-state index >= 15 is 0 Å². The Hall–Kier alpha value is -1.34. The lowest BCUT2D eigenvalue weighted by Crippen LogP contribution is -2.29. The Balaban J connectivity index is 0.00000147. The van der Waals surface area contributed by atoms with Crippen molar-refractivity contribution in [1.82, 2.24) is 20.3 Å². The highest BCUT2D eigenvalue weighted by Crippen LogP contribution is 2.31. The van der Waals surface area contributed by atoms with Gasteiger partial charge in [0, 0.05) is 0 Å². The SMILES string of the molecule is Cl.FC(F)(F)c1ccc2c(c1)nnn2C1CCNCC1. The van der Waals surface area contributed by atoms with E-state index in [1.54, 1.807) is 4.68 Å². The van der Waals surface area contributed by atoms with Crippen molar-refractivity contribution in [1.29, 1.82) is 0 Å². The highest BCUT2D eigenvalue weighted by molar-refractivity contribution is 5.85. The summed E-state index contributed by atoms with van der Waals surface area (Å²) in [6.45, 7) is 1.79. The number of benzene rings is 1. The summed E-state index contributed by atoms with van der Waals surface area (Å²) >= 11 is 0. The Morgan fingerprint density at radius 2 is 1.90 bits per heavy atom. The summed E-state index contributed by atoms with van der Waals surface area (Å²) in [6.07, 6.45) is -2.51. The molecule has 0 unspecified atom stereocenters. The predicted molar refractivity (Wildman–Crippen MR) is 70.9 cm³/mol. The highest BCUT2D eigenvalue weighted by atomic mass is 35.5. The Labute approximate surface area is 119 Å². The fourth-order valence-electron chi connectivity index (χ4n) is 2.44. The number of piperidine rings is 1. The second-order valence-electron chi connectivity index (χ2n) is 4.72. The molecular formula is C12H14ClF3N4. The standard InChI is InChI=1S/C12H13F3N4.ClH/c13-12(14,15)8-1-2-11-10(7-8)17-18-19(11)9-3-5-16-6-4-9;/h1-2,7,9,16H,3-6H2;1H. The molecule has 1 aliphatic heterocycles. The molecule has 8 heteroatoms. The van der Waals surface area contributed by atoms with Crippen molar-refractivity contribution >= 4 is 23.4 Å². The first kappa shape index (κ1) is 15.1. The van der Waals surface area contributed by atoms with Crippen molar-refractivity contribution < 1.29 is 13.2 Å². The van der Waals surface area contributed by atoms with E-state index in [2.05, 4.69) is 15.6 Å². The van der Waals surface area contributed by atoms with Gasteiger partial charge in [0.05, 0.1) is 17.1 Å². The Bertz CT molecular complexity index is 590. The highest BCUT2D eigenvalue weighted by Gasteiger charge is 2.31. The first-order chi connectivity index (χ1) is 9.05. The molecule has 1 saturated heterocycles. The van der Waals surface area contributed by atoms with Crippen LogP contribution in [0.2, 0.25) is 0 Å². The third-order valence-corrected chi connectivity index (χ3v) is 3.45. The third-order valence-electron chi connectivity index (χ3n) is 3.45. The van der Waals surface area contributed by atoms with Crippen LogP contribution in [-0.2, 0) is 6.18 Å². The van der Waals surface area contributed by atoms with Crippen molar-refractivity contribution in [2.24, 2.45) is 0 Å². The predicted octanol–water partition coefficient (Wildman–Crippen LogP) is 2.80. The summed E-state index contributed by atoms with van der Waals surface area (Å²) in [5, 5.41) is 11.1. The number of nitrogens with one attached hydrogen (secondary N) is 1. The Kier molecular flexibility index (Phi) is 4.19. The van der Waals surface area contributed by atoms with Crippen LogP contribution in [0.3, 0.4) is 0 Å². The van der Waals surface area contributed by atoms with E-state index in [4.69, 9.17) is 0 Å². The number of rotatable bonds is 1. The van der Waals surface area contributed by atoms with E-state index in [1.807, 2.05) is 0 Å². The van der Waals surface area contributed by atoms with Crippen molar-refractivity contribution in [3.05, 3.63) is 23.8 Å². The molecule has 110 valence electrons. The minimum atomic E-state index is -4.34. The monoisotopic (exact) mass is 306 g/mol. The van der Waals surface area contributed by atoms with Gasteiger partial charge in [0.1, 0.15) is 5.52 Å². The van der Waals surface area contributed by atoms with Crippen molar-refractivity contribution in [2.45, 2.75) is 25.1 Å². The Morgan fingerprint density at radius 1 is 1.20 bits per heavy atom. The van der Waals surface area contributed by atoms with Crippen LogP contribution >= 0.6 is 12.4 Å². The molecule has 20 heavy (non-hydrogen) atoms. The van der Waals surface area contributed by atoms with E-state index in [9.17, 15) is 13.2 Å². The number of hydrogen-bond acceptors (Lipinski definition) is 3. The fraction of sp³-hybridized carbons (Fsp3) is 0.500. The second-order valence-corrected chi connectivity index (χ2v) is 4.72. The van der Waals surface area contributed by atoms with E-state index in [0.717, 1.165) is 38.1 Å². The number of alkyl halides is 3. The van der Waals surface area contributed by atoms with Gasteiger partial charge in [-0.2, -0.15) is 13.2 Å². The van der Waals surface area contributed by atoms with Gasteiger partial charge in [-0.3, -0.25) is 0 Å². The molecule has 1 fully saturated rings. The van der Waals surface area contributed by atoms with Crippen LogP contribution in [0.5, 0.6) is 0 Å². The van der Waals surface area contributed by atoms with Crippen molar-refractivity contribution in [3.8, 4) is 0 Å². The molecular weight excluding hydrogens is 293 g/mol. The lowest BCUT2D eigenvalue weighted by atomic mass is 10.1. The minimum absolute atomic E-state index is 0. The summed E-state index contributed by atoms with van der Waals surface area (Å²) < 4.78 is 39.6. The summed E-state index contributed by atoms with van der Waals surface area (Å²) in [6, 6.07) is 3.81. The maximum Gasteiger partial charge on any atom is 0.416 e. The molecule has 0 aliphatic carbocycles. The molecule has 1 aromatic heterocycles. The molecule has 0 amide bonds. The topological polar surface area (TPSA) is 42.7 Å². The summed E-state index contributed by atoms with van der Waals surface area (Å²) in [4.78, 5) is 0. The maximum atomic E-state index is 12.6. The first-order valence-electron chi connectivity index (χ1n) is 6.18. The first-order valence-corrected chi connectivity index (χ1v) is 6.18. The lowest BCUT2D eigenvalue weighted by molar-refractivity contribution is -0.137. The average Bonchev–Trinajstić information content (AvgIpc) is 2.81. The summed E-state index contributed by atoms with van der Waals surface area (Å²) in [5.41, 5.74) is 0.283. The lowest BCUT2D eigenvalue weighted by Gasteiger charge is -2.22. The maximum absolute atomic E-state index is 12.6. The molecule has 0 atom stereocenters. The molecule has 0 bridgehead atoms. The fourth-order valence-corrected chi connectivity index (χ4v) is 2.44. The molecule has 1 N–H and O–H groups in total. The van der Waals surface area contributed by atoms with Crippen LogP contribution in [0, 0.1) is 0 Å². The summed E-state index contributed by atoms with van der Waals surface area (Å²) in [5.74, 6) is 0. The van der Waals surface area contributed by atoms with E-state index in [0.29, 0.717) is 11.0 Å². The molecule has 2 heterocycles. The largest absolute Gasteiger partial charge is 0.416 e. The van der Waals surface area contributed by atoms with Crippen LogP contribution < -0.4 is 5.32 Å². The van der Waals surface area contributed by atoms with Crippen molar-refractivity contribution in [3.63, 3.8) is 0 Å². The van der Waals surface area contributed by atoms with Gasteiger partial charge in [-0.25, -0.2) is 4.68 Å². The van der Waals surface area contributed by atoms with E-state index in [1.165, 1.54) is 6.07 Å². The average molecular weight is 307 g/mol. The van der Waals surface area contributed by atoms with Gasteiger partial charge in [0.25, 0.3) is 0 Å². The van der Waals surface area contributed by atoms with Crippen LogP contribution in [0.15, 0.2) is 18.2 Å². The molecule has 2 aromatic rings. The van der Waals surface area contributed by atoms with Gasteiger partial charge >= 0.3 is 6.18 Å². The Morgan fingerprint density at radius 3 is 2.55 bits per heavy atom. The smallest absolute Gasteiger partial charge is 0.317 e. The second kappa shape index (κ2) is 5.57.